The fraction of sp³-hybridized carbons (Fsp3) is 0.556. The van der Waals surface area contributed by atoms with Crippen molar-refractivity contribution in [2.24, 2.45) is 0 Å². The molecule has 4 rings (SSSR count). The summed E-state index contributed by atoms with van der Waals surface area (Å²) in [7, 11) is -7.26. The van der Waals surface area contributed by atoms with Crippen LogP contribution in [0.4, 0.5) is 0 Å². The smallest absolute Gasteiger partial charge is 0.193 e. The van der Waals surface area contributed by atoms with Gasteiger partial charge in [0.15, 0.2) is 19.7 Å². The van der Waals surface area contributed by atoms with Crippen LogP contribution in [0, 0.1) is 0 Å². The van der Waals surface area contributed by atoms with Gasteiger partial charge in [0, 0.05) is 12.6 Å². The summed E-state index contributed by atoms with van der Waals surface area (Å²) in [5, 5.41) is 2.22. The zero-order valence-electron chi connectivity index (χ0n) is 15.7. The first-order valence-electron chi connectivity index (χ1n) is 9.47. The molecule has 1 unspecified atom stereocenters. The third-order valence-corrected chi connectivity index (χ3v) is 11.5. The van der Waals surface area contributed by atoms with Crippen molar-refractivity contribution in [1.29, 1.82) is 0 Å². The van der Waals surface area contributed by atoms with Crippen LogP contribution in [-0.4, -0.2) is 64.2 Å². The molecule has 2 aliphatic heterocycles. The lowest BCUT2D eigenvalue weighted by Crippen LogP contribution is -2.46. The molecule has 1 N–H and O–H groups in total. The van der Waals surface area contributed by atoms with Crippen molar-refractivity contribution >= 4 is 42.6 Å². The number of furan rings is 1. The molecule has 0 radical (unpaired) electrons. The Morgan fingerprint density at radius 3 is 2.62 bits per heavy atom. The number of hydrogen-bond donors (Lipinski definition) is 1. The second-order valence-electron chi connectivity index (χ2n) is 7.51. The van der Waals surface area contributed by atoms with Crippen molar-refractivity contribution in [2.45, 2.75) is 34.4 Å². The van der Waals surface area contributed by atoms with E-state index >= 15 is 0 Å². The number of rotatable bonds is 7. The molecule has 0 bridgehead atoms. The van der Waals surface area contributed by atoms with E-state index in [0.717, 1.165) is 43.0 Å². The Bertz CT molecular complexity index is 1040. The molecule has 0 aromatic carbocycles. The summed E-state index contributed by atoms with van der Waals surface area (Å²) in [6, 6.07) is 5.96. The highest BCUT2D eigenvalue weighted by Crippen LogP contribution is 2.33. The topological polar surface area (TPSA) is 96.7 Å². The zero-order valence-corrected chi connectivity index (χ0v) is 18.9. The monoisotopic (exact) mass is 478 g/mol. The van der Waals surface area contributed by atoms with Crippen LogP contribution in [0.25, 0.3) is 0 Å². The normalized spacial score (nSPS) is 26.1. The van der Waals surface area contributed by atoms with Gasteiger partial charge in [-0.3, -0.25) is 4.90 Å². The number of thiophene rings is 1. The van der Waals surface area contributed by atoms with Crippen LogP contribution >= 0.6 is 22.9 Å². The van der Waals surface area contributed by atoms with Gasteiger partial charge in [0.1, 0.15) is 9.97 Å². The molecule has 0 amide bonds. The SMILES string of the molecule is O=S1(=O)C[C@H](NCC(c2ccco2)N2CCCC2)[C@@H](S(=O)(=O)c2ccc(Cl)s2)C1. The lowest BCUT2D eigenvalue weighted by molar-refractivity contribution is 0.206. The second kappa shape index (κ2) is 8.32. The van der Waals surface area contributed by atoms with Crippen molar-refractivity contribution in [2.75, 3.05) is 31.1 Å². The largest absolute Gasteiger partial charge is 0.468 e. The van der Waals surface area contributed by atoms with E-state index in [1.807, 2.05) is 12.1 Å². The summed E-state index contributed by atoms with van der Waals surface area (Å²) in [5.41, 5.74) is 0. The third kappa shape index (κ3) is 4.57. The van der Waals surface area contributed by atoms with E-state index in [4.69, 9.17) is 16.0 Å². The molecule has 2 aromatic heterocycles. The van der Waals surface area contributed by atoms with Crippen LogP contribution in [0.15, 0.2) is 39.2 Å². The number of sulfone groups is 2. The van der Waals surface area contributed by atoms with E-state index < -0.39 is 31.0 Å². The minimum Gasteiger partial charge on any atom is -0.468 e. The van der Waals surface area contributed by atoms with Crippen LogP contribution in [-0.2, 0) is 19.7 Å². The maximum absolute atomic E-state index is 13.1. The van der Waals surface area contributed by atoms with Gasteiger partial charge >= 0.3 is 0 Å². The fourth-order valence-electron chi connectivity index (χ4n) is 4.12. The van der Waals surface area contributed by atoms with Crippen molar-refractivity contribution in [3.05, 3.63) is 40.6 Å². The molecule has 2 fully saturated rings. The van der Waals surface area contributed by atoms with Crippen LogP contribution < -0.4 is 5.32 Å². The molecule has 3 atom stereocenters. The van der Waals surface area contributed by atoms with Gasteiger partial charge in [-0.2, -0.15) is 0 Å². The Balaban J connectivity index is 1.55. The van der Waals surface area contributed by atoms with E-state index in [1.165, 1.54) is 12.1 Å². The van der Waals surface area contributed by atoms with Crippen molar-refractivity contribution in [3.8, 4) is 0 Å². The van der Waals surface area contributed by atoms with Crippen molar-refractivity contribution in [3.63, 3.8) is 0 Å². The first kappa shape index (κ1) is 21.3. The maximum atomic E-state index is 13.1. The molecular weight excluding hydrogens is 456 g/mol. The lowest BCUT2D eigenvalue weighted by Gasteiger charge is -2.28. The van der Waals surface area contributed by atoms with Crippen LogP contribution in [0.3, 0.4) is 0 Å². The predicted molar refractivity (Wildman–Crippen MR) is 113 cm³/mol. The summed E-state index contributed by atoms with van der Waals surface area (Å²) in [5.74, 6) is 0.225. The molecule has 2 aliphatic rings. The van der Waals surface area contributed by atoms with Gasteiger partial charge in [-0.05, 0) is 50.2 Å². The van der Waals surface area contributed by atoms with E-state index in [1.54, 1.807) is 6.26 Å². The average molecular weight is 479 g/mol. The maximum Gasteiger partial charge on any atom is 0.193 e. The standard InChI is InChI=1S/C18H23ClN2O5S3/c19-17-5-6-18(27-17)29(24,25)16-12-28(22,23)11-13(16)20-10-14(15-4-3-9-26-15)21-7-1-2-8-21/h3-6,9,13-14,16,20H,1-2,7-8,10-12H2/t13-,14?,16-/m0/s1. The second-order valence-corrected chi connectivity index (χ2v) is 13.8. The van der Waals surface area contributed by atoms with Crippen LogP contribution in [0.1, 0.15) is 24.6 Å². The Labute approximate surface area is 179 Å². The first-order chi connectivity index (χ1) is 13.8. The van der Waals surface area contributed by atoms with Gasteiger partial charge in [0.05, 0.1) is 33.4 Å². The Kier molecular flexibility index (Phi) is 6.12. The molecule has 160 valence electrons. The molecule has 11 heteroatoms. The number of halogens is 1. The van der Waals surface area contributed by atoms with Gasteiger partial charge in [-0.15, -0.1) is 11.3 Å². The third-order valence-electron chi connectivity index (χ3n) is 5.55. The van der Waals surface area contributed by atoms with Gasteiger partial charge in [-0.1, -0.05) is 11.6 Å². The highest BCUT2D eigenvalue weighted by molar-refractivity contribution is 7.97. The molecule has 0 aliphatic carbocycles. The summed E-state index contributed by atoms with van der Waals surface area (Å²) in [4.78, 5) is 2.29. The molecule has 29 heavy (non-hydrogen) atoms. The van der Waals surface area contributed by atoms with Gasteiger partial charge in [0.2, 0.25) is 0 Å². The lowest BCUT2D eigenvalue weighted by atomic mass is 10.1. The minimum absolute atomic E-state index is 0.0599. The highest BCUT2D eigenvalue weighted by atomic mass is 35.5. The molecule has 2 aromatic rings. The summed E-state index contributed by atoms with van der Waals surface area (Å²) in [6.45, 7) is 2.29. The van der Waals surface area contributed by atoms with Crippen molar-refractivity contribution < 1.29 is 21.3 Å². The average Bonchev–Trinajstić information content (AvgIpc) is 3.42. The molecule has 7 nitrogen and oxygen atoms in total. The van der Waals surface area contributed by atoms with Gasteiger partial charge < -0.3 is 9.73 Å². The van der Waals surface area contributed by atoms with Crippen LogP contribution in [0.2, 0.25) is 4.34 Å². The van der Waals surface area contributed by atoms with E-state index in [2.05, 4.69) is 10.2 Å². The van der Waals surface area contributed by atoms with Crippen molar-refractivity contribution in [1.82, 2.24) is 10.2 Å². The van der Waals surface area contributed by atoms with Crippen LogP contribution in [0.5, 0.6) is 0 Å². The molecule has 0 saturated carbocycles. The Hall–Kier alpha value is -0.910. The molecule has 4 heterocycles. The van der Waals surface area contributed by atoms with E-state index in [0.29, 0.717) is 10.9 Å². The fourth-order valence-corrected chi connectivity index (χ4v) is 10.5. The summed E-state index contributed by atoms with van der Waals surface area (Å²) < 4.78 is 56.9. The predicted octanol–water partition coefficient (Wildman–Crippen LogP) is 2.36. The van der Waals surface area contributed by atoms with Gasteiger partial charge in [-0.25, -0.2) is 16.8 Å². The summed E-state index contributed by atoms with van der Waals surface area (Å²) >= 11 is 6.86. The quantitative estimate of drug-likeness (QED) is 0.652. The highest BCUT2D eigenvalue weighted by Gasteiger charge is 2.46. The Morgan fingerprint density at radius 2 is 2.00 bits per heavy atom. The first-order valence-corrected chi connectivity index (χ1v) is 14.0. The van der Waals surface area contributed by atoms with E-state index in [9.17, 15) is 16.8 Å². The zero-order chi connectivity index (χ0) is 20.6. The number of nitrogens with zero attached hydrogens (tertiary/aromatic N) is 1. The van der Waals surface area contributed by atoms with E-state index in [-0.39, 0.29) is 21.8 Å². The number of hydrogen-bond acceptors (Lipinski definition) is 8. The number of likely N-dealkylation sites (tertiary alicyclic amines) is 1. The Morgan fingerprint density at radius 1 is 1.24 bits per heavy atom. The minimum atomic E-state index is -3.80. The molecule has 0 spiro atoms. The molecule has 2 saturated heterocycles. The number of nitrogens with one attached hydrogen (secondary N) is 1. The van der Waals surface area contributed by atoms with Gasteiger partial charge in [0.25, 0.3) is 0 Å². The summed E-state index contributed by atoms with van der Waals surface area (Å²) in [6.07, 6.45) is 3.82. The molecular formula is C18H23ClN2O5S3.